The third-order valence-electron chi connectivity index (χ3n) is 3.72. The first-order valence-electron chi connectivity index (χ1n) is 7.22. The molecule has 106 valence electrons. The first kappa shape index (κ1) is 14.3. The van der Waals surface area contributed by atoms with Crippen molar-refractivity contribution in [3.05, 3.63) is 0 Å². The van der Waals surface area contributed by atoms with Crippen LogP contribution in [0.4, 0.5) is 0 Å². The second kappa shape index (κ2) is 5.87. The van der Waals surface area contributed by atoms with Gasteiger partial charge < -0.3 is 19.3 Å². The van der Waals surface area contributed by atoms with Gasteiger partial charge in [-0.2, -0.15) is 0 Å². The summed E-state index contributed by atoms with van der Waals surface area (Å²) < 4.78 is 17.0. The van der Waals surface area contributed by atoms with Crippen molar-refractivity contribution in [3.63, 3.8) is 0 Å². The van der Waals surface area contributed by atoms with Crippen LogP contribution >= 0.6 is 0 Å². The second-order valence-corrected chi connectivity index (χ2v) is 5.83. The van der Waals surface area contributed by atoms with Crippen molar-refractivity contribution in [2.45, 2.75) is 89.7 Å². The highest BCUT2D eigenvalue weighted by atomic mass is 16.8. The summed E-state index contributed by atoms with van der Waals surface area (Å²) in [5.41, 5.74) is 0. The molecule has 18 heavy (non-hydrogen) atoms. The molecule has 4 atom stereocenters. The standard InChI is InChI=1S/C14H26O4/c1-4-5-6-7-8-9-10-11-12(13(15)16-10)18-14(2,3)17-11/h10-13,15H,4-9H2,1-3H3/t10-,11-,12-,13?/m1/s1. The van der Waals surface area contributed by atoms with E-state index in [0.717, 1.165) is 12.8 Å². The van der Waals surface area contributed by atoms with Crippen LogP contribution in [0.5, 0.6) is 0 Å². The van der Waals surface area contributed by atoms with E-state index in [1.54, 1.807) is 0 Å². The molecule has 0 spiro atoms. The average Bonchev–Trinajstić information content (AvgIpc) is 2.75. The van der Waals surface area contributed by atoms with Gasteiger partial charge in [0.1, 0.15) is 12.2 Å². The summed E-state index contributed by atoms with van der Waals surface area (Å²) in [6.45, 7) is 5.99. The number of rotatable bonds is 6. The second-order valence-electron chi connectivity index (χ2n) is 5.83. The molecule has 2 aliphatic rings. The number of fused-ring (bicyclic) bond motifs is 1. The Kier molecular flexibility index (Phi) is 4.64. The fourth-order valence-electron chi connectivity index (χ4n) is 2.84. The van der Waals surface area contributed by atoms with Crippen LogP contribution in [-0.4, -0.2) is 35.5 Å². The molecule has 1 N–H and O–H groups in total. The van der Waals surface area contributed by atoms with Crippen molar-refractivity contribution in [1.82, 2.24) is 0 Å². The van der Waals surface area contributed by atoms with E-state index in [1.165, 1.54) is 25.7 Å². The van der Waals surface area contributed by atoms with Gasteiger partial charge in [0.2, 0.25) is 0 Å². The number of ether oxygens (including phenoxy) is 3. The summed E-state index contributed by atoms with van der Waals surface area (Å²) in [6, 6.07) is 0. The van der Waals surface area contributed by atoms with Gasteiger partial charge in [0, 0.05) is 0 Å². The zero-order valence-electron chi connectivity index (χ0n) is 11.7. The van der Waals surface area contributed by atoms with E-state index in [-0.39, 0.29) is 18.3 Å². The van der Waals surface area contributed by atoms with Gasteiger partial charge in [-0.15, -0.1) is 0 Å². The average molecular weight is 258 g/mol. The number of hydrogen-bond donors (Lipinski definition) is 1. The van der Waals surface area contributed by atoms with E-state index >= 15 is 0 Å². The van der Waals surface area contributed by atoms with Crippen molar-refractivity contribution in [3.8, 4) is 0 Å². The Bertz CT molecular complexity index is 267. The highest BCUT2D eigenvalue weighted by Crippen LogP contribution is 2.39. The maximum absolute atomic E-state index is 9.82. The topological polar surface area (TPSA) is 47.9 Å². The van der Waals surface area contributed by atoms with Gasteiger partial charge in [-0.05, 0) is 20.3 Å². The lowest BCUT2D eigenvalue weighted by atomic mass is 10.0. The largest absolute Gasteiger partial charge is 0.366 e. The highest BCUT2D eigenvalue weighted by Gasteiger charge is 2.54. The van der Waals surface area contributed by atoms with Crippen LogP contribution in [0.2, 0.25) is 0 Å². The Morgan fingerprint density at radius 3 is 2.39 bits per heavy atom. The van der Waals surface area contributed by atoms with Gasteiger partial charge in [0.05, 0.1) is 6.10 Å². The summed E-state index contributed by atoms with van der Waals surface area (Å²) in [4.78, 5) is 0. The van der Waals surface area contributed by atoms with Crippen LogP contribution in [0.1, 0.15) is 59.3 Å². The first-order valence-corrected chi connectivity index (χ1v) is 7.22. The lowest BCUT2D eigenvalue weighted by Gasteiger charge is -2.22. The summed E-state index contributed by atoms with van der Waals surface area (Å²) in [7, 11) is 0. The molecule has 0 aromatic heterocycles. The molecule has 0 bridgehead atoms. The fraction of sp³-hybridized carbons (Fsp3) is 1.00. The van der Waals surface area contributed by atoms with Crippen molar-refractivity contribution in [2.75, 3.05) is 0 Å². The molecular weight excluding hydrogens is 232 g/mol. The molecule has 2 fully saturated rings. The lowest BCUT2D eigenvalue weighted by Crippen LogP contribution is -2.29. The van der Waals surface area contributed by atoms with Crippen molar-refractivity contribution in [2.24, 2.45) is 0 Å². The minimum atomic E-state index is -0.836. The van der Waals surface area contributed by atoms with E-state index in [0.29, 0.717) is 0 Å². The van der Waals surface area contributed by atoms with Gasteiger partial charge in [0.25, 0.3) is 0 Å². The maximum Gasteiger partial charge on any atom is 0.184 e. The normalized spacial score (nSPS) is 38.0. The van der Waals surface area contributed by atoms with E-state index in [9.17, 15) is 5.11 Å². The van der Waals surface area contributed by atoms with Gasteiger partial charge >= 0.3 is 0 Å². The van der Waals surface area contributed by atoms with Gasteiger partial charge in [0.15, 0.2) is 12.1 Å². The lowest BCUT2D eigenvalue weighted by molar-refractivity contribution is -0.220. The van der Waals surface area contributed by atoms with E-state index in [4.69, 9.17) is 14.2 Å². The van der Waals surface area contributed by atoms with Crippen molar-refractivity contribution < 1.29 is 19.3 Å². The summed E-state index contributed by atoms with van der Waals surface area (Å²) >= 11 is 0. The van der Waals surface area contributed by atoms with Crippen LogP contribution in [0.15, 0.2) is 0 Å². The van der Waals surface area contributed by atoms with Gasteiger partial charge in [-0.1, -0.05) is 39.0 Å². The van der Waals surface area contributed by atoms with Crippen LogP contribution < -0.4 is 0 Å². The molecule has 0 aliphatic carbocycles. The Labute approximate surface area is 110 Å². The van der Waals surface area contributed by atoms with E-state index in [2.05, 4.69) is 6.92 Å². The van der Waals surface area contributed by atoms with Gasteiger partial charge in [-0.3, -0.25) is 0 Å². The van der Waals surface area contributed by atoms with Crippen LogP contribution in [-0.2, 0) is 14.2 Å². The Morgan fingerprint density at radius 2 is 1.67 bits per heavy atom. The van der Waals surface area contributed by atoms with Crippen LogP contribution in [0.25, 0.3) is 0 Å². The Morgan fingerprint density at radius 1 is 1.00 bits per heavy atom. The monoisotopic (exact) mass is 258 g/mol. The minimum Gasteiger partial charge on any atom is -0.366 e. The number of hydrogen-bond acceptors (Lipinski definition) is 4. The van der Waals surface area contributed by atoms with E-state index < -0.39 is 12.1 Å². The number of aliphatic hydroxyl groups excluding tert-OH is 1. The van der Waals surface area contributed by atoms with Crippen molar-refractivity contribution >= 4 is 0 Å². The fourth-order valence-corrected chi connectivity index (χ4v) is 2.84. The predicted molar refractivity (Wildman–Crippen MR) is 68.1 cm³/mol. The molecule has 2 aliphatic heterocycles. The van der Waals surface area contributed by atoms with Crippen molar-refractivity contribution in [1.29, 1.82) is 0 Å². The molecule has 2 heterocycles. The molecule has 4 nitrogen and oxygen atoms in total. The molecule has 4 heteroatoms. The highest BCUT2D eigenvalue weighted by molar-refractivity contribution is 4.94. The SMILES string of the molecule is CCCCCCC[C@H]1OC(O)[C@@H]2OC(C)(C)O[C@H]12. The van der Waals surface area contributed by atoms with Gasteiger partial charge in [-0.25, -0.2) is 0 Å². The Balaban J connectivity index is 1.76. The maximum atomic E-state index is 9.82. The molecule has 0 radical (unpaired) electrons. The molecule has 0 aromatic rings. The zero-order chi connectivity index (χ0) is 13.2. The minimum absolute atomic E-state index is 0.0200. The predicted octanol–water partition coefficient (Wildman–Crippen LogP) is 2.58. The summed E-state index contributed by atoms with van der Waals surface area (Å²) in [5.74, 6) is -0.597. The molecule has 0 aromatic carbocycles. The molecular formula is C14H26O4. The molecule has 0 saturated carbocycles. The summed E-state index contributed by atoms with van der Waals surface area (Å²) in [5, 5.41) is 9.82. The third kappa shape index (κ3) is 3.23. The number of unbranched alkanes of at least 4 members (excludes halogenated alkanes) is 4. The molecule has 0 amide bonds. The third-order valence-corrected chi connectivity index (χ3v) is 3.72. The quantitative estimate of drug-likeness (QED) is 0.744. The van der Waals surface area contributed by atoms with Crippen LogP contribution in [0, 0.1) is 0 Å². The molecule has 2 rings (SSSR count). The Hall–Kier alpha value is -0.160. The smallest absolute Gasteiger partial charge is 0.184 e. The number of aliphatic hydroxyl groups is 1. The molecule has 1 unspecified atom stereocenters. The van der Waals surface area contributed by atoms with E-state index in [1.807, 2.05) is 13.8 Å². The zero-order valence-corrected chi connectivity index (χ0v) is 11.7. The van der Waals surface area contributed by atoms with Crippen LogP contribution in [0.3, 0.4) is 0 Å². The summed E-state index contributed by atoms with van der Waals surface area (Å²) in [6.07, 6.45) is 5.86. The first-order chi connectivity index (χ1) is 8.53. The molecule has 2 saturated heterocycles.